The third kappa shape index (κ3) is 10.9. The van der Waals surface area contributed by atoms with Gasteiger partial charge in [-0.1, -0.05) is 0 Å². The molecule has 0 fully saturated rings. The summed E-state index contributed by atoms with van der Waals surface area (Å²) < 4.78 is 0.852. The Kier molecular flexibility index (Phi) is 24.3. The second-order valence-corrected chi connectivity index (χ2v) is 2.52. The summed E-state index contributed by atoms with van der Waals surface area (Å²) in [7, 11) is 0. The number of hydrogen-bond acceptors (Lipinski definition) is 0. The first-order valence-corrected chi connectivity index (χ1v) is 3.23. The van der Waals surface area contributed by atoms with Crippen LogP contribution in [0.4, 0.5) is 0 Å². The van der Waals surface area contributed by atoms with Crippen LogP contribution in [0, 0.1) is 0 Å². The van der Waals surface area contributed by atoms with E-state index in [1.54, 1.807) is 0 Å². The molecule has 0 nitrogen and oxygen atoms in total. The molecule has 8 heavy (non-hydrogen) atoms. The molecule has 0 heterocycles. The summed E-state index contributed by atoms with van der Waals surface area (Å²) in [6.07, 6.45) is 2.59. The standard InChI is InChI=1S/C5H11.Al.2HI/c1-3-5-4-2;;;/h5H,3-4H2,1-2H3;;2*1H/q;+2;;/p-2. The molecule has 0 bridgehead atoms. The summed E-state index contributed by atoms with van der Waals surface area (Å²) in [5.41, 5.74) is 0. The zero-order valence-electron chi connectivity index (χ0n) is 5.32. The molecule has 0 radical (unpaired) electrons. The van der Waals surface area contributed by atoms with Gasteiger partial charge in [-0.2, -0.15) is 0 Å². The van der Waals surface area contributed by atoms with Crippen LogP contribution in [0.15, 0.2) is 0 Å². The van der Waals surface area contributed by atoms with Crippen molar-refractivity contribution in [1.82, 2.24) is 0 Å². The summed E-state index contributed by atoms with van der Waals surface area (Å²) in [6, 6.07) is 0. The molecule has 0 rings (SSSR count). The van der Waals surface area contributed by atoms with Gasteiger partial charge in [-0.05, 0) is 0 Å². The predicted octanol–water partition coefficient (Wildman–Crippen LogP) is -4.23. The van der Waals surface area contributed by atoms with Crippen molar-refractivity contribution >= 4 is 16.3 Å². The van der Waals surface area contributed by atoms with Crippen LogP contribution in [0.2, 0.25) is 4.78 Å². The van der Waals surface area contributed by atoms with Gasteiger partial charge in [0.05, 0.1) is 0 Å². The molecule has 0 aromatic heterocycles. The predicted molar refractivity (Wildman–Crippen MR) is 30.1 cm³/mol. The van der Waals surface area contributed by atoms with Gasteiger partial charge in [0.25, 0.3) is 0 Å². The van der Waals surface area contributed by atoms with Crippen molar-refractivity contribution in [3.63, 3.8) is 0 Å². The minimum atomic E-state index is 0. The van der Waals surface area contributed by atoms with E-state index < -0.39 is 0 Å². The van der Waals surface area contributed by atoms with E-state index in [1.165, 1.54) is 12.8 Å². The Bertz CT molecular complexity index is 29.6. The van der Waals surface area contributed by atoms with E-state index in [2.05, 4.69) is 30.1 Å². The molecule has 48 valence electrons. The maximum Gasteiger partial charge on any atom is -1.00 e. The van der Waals surface area contributed by atoms with Crippen molar-refractivity contribution < 1.29 is 48.0 Å². The van der Waals surface area contributed by atoms with Gasteiger partial charge in [0.15, 0.2) is 0 Å². The van der Waals surface area contributed by atoms with Crippen LogP contribution in [0.25, 0.3) is 0 Å². The quantitative estimate of drug-likeness (QED) is 0.349. The smallest absolute Gasteiger partial charge is 1.00 e. The Morgan fingerprint density at radius 1 is 1.12 bits per heavy atom. The van der Waals surface area contributed by atoms with Crippen LogP contribution >= 0.6 is 0 Å². The molecule has 0 saturated carbocycles. The summed E-state index contributed by atoms with van der Waals surface area (Å²) in [4.78, 5) is 0. The second-order valence-electron chi connectivity index (χ2n) is 1.58. The van der Waals surface area contributed by atoms with Gasteiger partial charge >= 0.3 is 47.8 Å². The molecule has 0 N–H and O–H groups in total. The molecular formula is C5H11AlI2. The summed E-state index contributed by atoms with van der Waals surface area (Å²) >= 11 is 2.81. The molecular weight excluding hydrogens is 341 g/mol. The molecule has 0 unspecified atom stereocenters. The van der Waals surface area contributed by atoms with E-state index in [4.69, 9.17) is 0 Å². The van der Waals surface area contributed by atoms with Gasteiger partial charge in [-0.15, -0.1) is 0 Å². The third-order valence-electron chi connectivity index (χ3n) is 1.05. The maximum atomic E-state index is 2.81. The zero-order chi connectivity index (χ0) is 4.99. The minimum absolute atomic E-state index is 0. The fourth-order valence-electron chi connectivity index (χ4n) is 0.289. The monoisotopic (exact) mass is 352 g/mol. The molecule has 0 aromatic rings. The van der Waals surface area contributed by atoms with Crippen molar-refractivity contribution in [2.75, 3.05) is 0 Å². The average Bonchev–Trinajstić information content (AvgIpc) is 1.65. The van der Waals surface area contributed by atoms with E-state index in [0.29, 0.717) is 0 Å². The van der Waals surface area contributed by atoms with E-state index in [0.717, 1.165) is 4.78 Å². The van der Waals surface area contributed by atoms with Crippen LogP contribution in [-0.2, 0) is 0 Å². The van der Waals surface area contributed by atoms with E-state index in [-0.39, 0.29) is 48.0 Å². The third-order valence-corrected chi connectivity index (χ3v) is 1.99. The number of halogens is 2. The van der Waals surface area contributed by atoms with Gasteiger partial charge in [0.2, 0.25) is 0 Å². The van der Waals surface area contributed by atoms with Crippen molar-refractivity contribution in [3.8, 4) is 0 Å². The number of rotatable bonds is 2. The maximum absolute atomic E-state index is 2.81. The fraction of sp³-hybridized carbons (Fsp3) is 1.00. The fourth-order valence-corrected chi connectivity index (χ4v) is 0.289. The zero-order valence-corrected chi connectivity index (χ0v) is 10.8. The van der Waals surface area contributed by atoms with Crippen molar-refractivity contribution in [2.45, 2.75) is 31.5 Å². The van der Waals surface area contributed by atoms with E-state index >= 15 is 0 Å². The number of hydrogen-bond donors (Lipinski definition) is 0. The van der Waals surface area contributed by atoms with Crippen LogP contribution in [-0.4, -0.2) is 16.3 Å². The molecule has 0 spiro atoms. The van der Waals surface area contributed by atoms with Crippen LogP contribution in [0.1, 0.15) is 26.7 Å². The van der Waals surface area contributed by atoms with Crippen molar-refractivity contribution in [3.05, 3.63) is 0 Å². The Hall–Kier alpha value is 1.99. The van der Waals surface area contributed by atoms with Crippen molar-refractivity contribution in [2.24, 2.45) is 0 Å². The Balaban J connectivity index is -0.000000125. The molecule has 0 aliphatic rings. The minimum Gasteiger partial charge on any atom is -1.00 e. The summed E-state index contributed by atoms with van der Waals surface area (Å²) in [6.45, 7) is 4.42. The van der Waals surface area contributed by atoms with Gasteiger partial charge in [-0.3, -0.25) is 0 Å². The first-order chi connectivity index (χ1) is 2.81. The Morgan fingerprint density at radius 3 is 1.38 bits per heavy atom. The Morgan fingerprint density at radius 2 is 1.38 bits per heavy atom. The molecule has 0 atom stereocenters. The molecule has 0 aliphatic carbocycles. The molecule has 0 saturated heterocycles. The van der Waals surface area contributed by atoms with E-state index in [9.17, 15) is 0 Å². The summed E-state index contributed by atoms with van der Waals surface area (Å²) in [5, 5.41) is 0. The van der Waals surface area contributed by atoms with Gasteiger partial charge < -0.3 is 48.0 Å². The molecule has 0 aromatic carbocycles. The SMILES string of the molecule is CC[CH]([Al+2])CC.[I-].[I-]. The first kappa shape index (κ1) is 16.5. The molecule has 3 heteroatoms. The van der Waals surface area contributed by atoms with Gasteiger partial charge in [-0.25, -0.2) is 0 Å². The second kappa shape index (κ2) is 11.7. The normalized spacial score (nSPS) is 7.62. The van der Waals surface area contributed by atoms with Gasteiger partial charge in [0.1, 0.15) is 0 Å². The Labute approximate surface area is 94.6 Å². The van der Waals surface area contributed by atoms with Crippen molar-refractivity contribution in [1.29, 1.82) is 0 Å². The van der Waals surface area contributed by atoms with Crippen LogP contribution in [0.3, 0.4) is 0 Å². The van der Waals surface area contributed by atoms with Crippen LogP contribution < -0.4 is 48.0 Å². The molecule has 0 aliphatic heterocycles. The van der Waals surface area contributed by atoms with Gasteiger partial charge in [0, 0.05) is 0 Å². The molecule has 0 amide bonds. The van der Waals surface area contributed by atoms with Crippen LogP contribution in [0.5, 0.6) is 0 Å². The topological polar surface area (TPSA) is 0 Å². The average molecular weight is 352 g/mol. The summed E-state index contributed by atoms with van der Waals surface area (Å²) in [5.74, 6) is 0. The largest absolute Gasteiger partial charge is 1.00 e. The first-order valence-electron chi connectivity index (χ1n) is 2.56. The van der Waals surface area contributed by atoms with E-state index in [1.807, 2.05) is 0 Å².